The van der Waals surface area contributed by atoms with Crippen LogP contribution < -0.4 is 9.47 Å². The molecule has 3 nitrogen and oxygen atoms in total. The summed E-state index contributed by atoms with van der Waals surface area (Å²) in [5.41, 5.74) is 0. The molecular formula is C11H12BrF3O3. The Morgan fingerprint density at radius 1 is 1.22 bits per heavy atom. The molecule has 1 rings (SSSR count). The van der Waals surface area contributed by atoms with Gasteiger partial charge in [-0.2, -0.15) is 0 Å². The van der Waals surface area contributed by atoms with Gasteiger partial charge in [0.1, 0.15) is 11.5 Å². The normalized spacial score (nSPS) is 11.4. The van der Waals surface area contributed by atoms with E-state index in [0.29, 0.717) is 25.4 Å². The van der Waals surface area contributed by atoms with Crippen molar-refractivity contribution in [1.29, 1.82) is 0 Å². The van der Waals surface area contributed by atoms with Crippen molar-refractivity contribution in [3.63, 3.8) is 0 Å². The Kier molecular flexibility index (Phi) is 5.74. The van der Waals surface area contributed by atoms with Gasteiger partial charge in [0.25, 0.3) is 0 Å². The average molecular weight is 329 g/mol. The number of hydrogen-bond donors (Lipinski definition) is 0. The van der Waals surface area contributed by atoms with E-state index in [0.717, 1.165) is 0 Å². The van der Waals surface area contributed by atoms with Crippen molar-refractivity contribution in [1.82, 2.24) is 0 Å². The standard InChI is InChI=1S/C11H12BrF3O3/c1-16-5-2-6-17-8-3-4-9(12)10(7-8)18-11(13,14)15/h3-4,7H,2,5-6H2,1H3. The lowest BCUT2D eigenvalue weighted by molar-refractivity contribution is -0.274. The maximum atomic E-state index is 12.1. The Balaban J connectivity index is 2.63. The van der Waals surface area contributed by atoms with Gasteiger partial charge in [-0.15, -0.1) is 13.2 Å². The number of hydrogen-bond acceptors (Lipinski definition) is 3. The van der Waals surface area contributed by atoms with Gasteiger partial charge in [0, 0.05) is 26.2 Å². The van der Waals surface area contributed by atoms with Crippen LogP contribution in [0.3, 0.4) is 0 Å². The predicted molar refractivity (Wildman–Crippen MR) is 62.8 cm³/mol. The van der Waals surface area contributed by atoms with Crippen LogP contribution in [0.2, 0.25) is 0 Å². The lowest BCUT2D eigenvalue weighted by atomic mass is 10.3. The first kappa shape index (κ1) is 15.1. The van der Waals surface area contributed by atoms with Crippen LogP contribution in [0, 0.1) is 0 Å². The van der Waals surface area contributed by atoms with Gasteiger partial charge >= 0.3 is 6.36 Å². The first-order chi connectivity index (χ1) is 8.42. The van der Waals surface area contributed by atoms with Gasteiger partial charge < -0.3 is 14.2 Å². The monoisotopic (exact) mass is 328 g/mol. The van der Waals surface area contributed by atoms with Gasteiger partial charge in [0.05, 0.1) is 11.1 Å². The Morgan fingerprint density at radius 3 is 2.56 bits per heavy atom. The number of ether oxygens (including phenoxy) is 3. The summed E-state index contributed by atoms with van der Waals surface area (Å²) in [6, 6.07) is 4.18. The van der Waals surface area contributed by atoms with Crippen molar-refractivity contribution in [2.45, 2.75) is 12.8 Å². The highest BCUT2D eigenvalue weighted by atomic mass is 79.9. The zero-order valence-electron chi connectivity index (χ0n) is 9.59. The fraction of sp³-hybridized carbons (Fsp3) is 0.455. The summed E-state index contributed by atoms with van der Waals surface area (Å²) >= 11 is 2.98. The lowest BCUT2D eigenvalue weighted by Gasteiger charge is -2.12. The second-order valence-corrected chi connectivity index (χ2v) is 4.19. The minimum absolute atomic E-state index is 0.212. The topological polar surface area (TPSA) is 27.7 Å². The maximum absolute atomic E-state index is 12.1. The van der Waals surface area contributed by atoms with Gasteiger partial charge in [-0.1, -0.05) is 0 Å². The second kappa shape index (κ2) is 6.84. The van der Waals surface area contributed by atoms with Crippen LogP contribution in [-0.4, -0.2) is 26.7 Å². The molecule has 0 aliphatic heterocycles. The first-order valence-electron chi connectivity index (χ1n) is 5.09. The highest BCUT2D eigenvalue weighted by Gasteiger charge is 2.32. The minimum atomic E-state index is -4.73. The van der Waals surface area contributed by atoms with Gasteiger partial charge in [-0.3, -0.25) is 0 Å². The molecule has 7 heteroatoms. The number of rotatable bonds is 6. The molecule has 0 N–H and O–H groups in total. The fourth-order valence-electron chi connectivity index (χ4n) is 1.17. The van der Waals surface area contributed by atoms with Crippen molar-refractivity contribution in [2.24, 2.45) is 0 Å². The summed E-state index contributed by atoms with van der Waals surface area (Å²) in [6.07, 6.45) is -4.07. The van der Waals surface area contributed by atoms with Crippen LogP contribution in [0.5, 0.6) is 11.5 Å². The van der Waals surface area contributed by atoms with Gasteiger partial charge in [-0.25, -0.2) is 0 Å². The Bertz CT molecular complexity index is 382. The maximum Gasteiger partial charge on any atom is 0.573 e. The van der Waals surface area contributed by atoms with Crippen molar-refractivity contribution < 1.29 is 27.4 Å². The van der Waals surface area contributed by atoms with E-state index >= 15 is 0 Å². The average Bonchev–Trinajstić information content (AvgIpc) is 2.27. The molecule has 0 aliphatic rings. The summed E-state index contributed by atoms with van der Waals surface area (Å²) in [7, 11) is 1.56. The largest absolute Gasteiger partial charge is 0.573 e. The lowest BCUT2D eigenvalue weighted by Crippen LogP contribution is -2.17. The number of benzene rings is 1. The molecule has 0 radical (unpaired) electrons. The highest BCUT2D eigenvalue weighted by Crippen LogP contribution is 2.33. The van der Waals surface area contributed by atoms with Crippen molar-refractivity contribution in [2.75, 3.05) is 20.3 Å². The highest BCUT2D eigenvalue weighted by molar-refractivity contribution is 9.10. The molecule has 0 heterocycles. The van der Waals surface area contributed by atoms with Crippen molar-refractivity contribution >= 4 is 15.9 Å². The van der Waals surface area contributed by atoms with E-state index in [4.69, 9.17) is 9.47 Å². The third-order valence-electron chi connectivity index (χ3n) is 1.89. The minimum Gasteiger partial charge on any atom is -0.493 e. The van der Waals surface area contributed by atoms with E-state index in [1.165, 1.54) is 12.1 Å². The van der Waals surface area contributed by atoms with E-state index in [9.17, 15) is 13.2 Å². The van der Waals surface area contributed by atoms with E-state index in [1.807, 2.05) is 0 Å². The summed E-state index contributed by atoms with van der Waals surface area (Å²) in [4.78, 5) is 0. The molecule has 0 aliphatic carbocycles. The molecule has 0 saturated carbocycles. The van der Waals surface area contributed by atoms with Crippen LogP contribution in [-0.2, 0) is 4.74 Å². The zero-order chi connectivity index (χ0) is 13.6. The first-order valence-corrected chi connectivity index (χ1v) is 5.88. The van der Waals surface area contributed by atoms with Gasteiger partial charge in [-0.05, 0) is 28.1 Å². The van der Waals surface area contributed by atoms with Crippen LogP contribution in [0.15, 0.2) is 22.7 Å². The molecule has 0 spiro atoms. The van der Waals surface area contributed by atoms with Crippen LogP contribution in [0.1, 0.15) is 6.42 Å². The molecule has 18 heavy (non-hydrogen) atoms. The molecule has 1 aromatic rings. The van der Waals surface area contributed by atoms with E-state index in [-0.39, 0.29) is 10.2 Å². The number of halogens is 4. The van der Waals surface area contributed by atoms with Crippen LogP contribution in [0.4, 0.5) is 13.2 Å². The van der Waals surface area contributed by atoms with Gasteiger partial charge in [0.15, 0.2) is 0 Å². The number of alkyl halides is 3. The number of methoxy groups -OCH3 is 1. The Morgan fingerprint density at radius 2 is 1.94 bits per heavy atom. The van der Waals surface area contributed by atoms with Crippen LogP contribution in [0.25, 0.3) is 0 Å². The third kappa shape index (κ3) is 5.59. The molecule has 0 atom stereocenters. The molecule has 0 unspecified atom stereocenters. The Hall–Kier alpha value is -0.950. The molecule has 0 aromatic heterocycles. The van der Waals surface area contributed by atoms with E-state index < -0.39 is 6.36 Å². The summed E-state index contributed by atoms with van der Waals surface area (Å²) in [5, 5.41) is 0. The summed E-state index contributed by atoms with van der Waals surface area (Å²) in [5.74, 6) is -0.0136. The van der Waals surface area contributed by atoms with Crippen molar-refractivity contribution in [3.8, 4) is 11.5 Å². The molecule has 0 amide bonds. The summed E-state index contributed by atoms with van der Waals surface area (Å²) < 4.78 is 50.5. The van der Waals surface area contributed by atoms with E-state index in [2.05, 4.69) is 20.7 Å². The molecule has 0 fully saturated rings. The molecular weight excluding hydrogens is 317 g/mol. The zero-order valence-corrected chi connectivity index (χ0v) is 11.2. The smallest absolute Gasteiger partial charge is 0.493 e. The third-order valence-corrected chi connectivity index (χ3v) is 2.55. The summed E-state index contributed by atoms with van der Waals surface area (Å²) in [6.45, 7) is 0.892. The second-order valence-electron chi connectivity index (χ2n) is 3.33. The SMILES string of the molecule is COCCCOc1ccc(Br)c(OC(F)(F)F)c1. The molecule has 0 saturated heterocycles. The predicted octanol–water partition coefficient (Wildman–Crippen LogP) is 3.76. The Labute approximate surface area is 111 Å². The fourth-order valence-corrected chi connectivity index (χ4v) is 1.50. The molecule has 102 valence electrons. The van der Waals surface area contributed by atoms with E-state index in [1.54, 1.807) is 13.2 Å². The molecule has 0 bridgehead atoms. The van der Waals surface area contributed by atoms with Crippen LogP contribution >= 0.6 is 15.9 Å². The molecule has 1 aromatic carbocycles. The quantitative estimate of drug-likeness (QED) is 0.744. The van der Waals surface area contributed by atoms with Gasteiger partial charge in [0.2, 0.25) is 0 Å². The van der Waals surface area contributed by atoms with Crippen molar-refractivity contribution in [3.05, 3.63) is 22.7 Å².